The first-order valence-corrected chi connectivity index (χ1v) is 60.0. The van der Waals surface area contributed by atoms with E-state index in [9.17, 15) is 0 Å². The van der Waals surface area contributed by atoms with E-state index in [0.717, 1.165) is 109 Å². The van der Waals surface area contributed by atoms with Gasteiger partial charge in [0, 0.05) is 134 Å². The van der Waals surface area contributed by atoms with Gasteiger partial charge in [0.2, 0.25) is 0 Å². The summed E-state index contributed by atoms with van der Waals surface area (Å²) in [5, 5.41) is 6.01. The molecule has 0 spiro atoms. The largest absolute Gasteiger partial charge is 0.305 e. The topological polar surface area (TPSA) is 103 Å². The number of rotatable bonds is 18. The molecule has 708 valence electrons. The summed E-state index contributed by atoms with van der Waals surface area (Å²) in [6.45, 7) is 44.1. The molecule has 8 aromatic carbocycles. The van der Waals surface area contributed by atoms with Gasteiger partial charge in [0.25, 0.3) is 0 Å². The van der Waals surface area contributed by atoms with Crippen molar-refractivity contribution in [3.05, 3.63) is 410 Å². The molecule has 1 aliphatic rings. The Morgan fingerprint density at radius 1 is 0.304 bits per heavy atom. The van der Waals surface area contributed by atoms with Gasteiger partial charge in [-0.15, -0.1) is 287 Å². The first-order valence-electron chi connectivity index (χ1n) is 47.5. The van der Waals surface area contributed by atoms with Crippen molar-refractivity contribution >= 4 is 53.0 Å². The van der Waals surface area contributed by atoms with Gasteiger partial charge in [0.05, 0.1) is 32.3 Å². The summed E-state index contributed by atoms with van der Waals surface area (Å²) in [4.78, 5) is 35.8. The maximum absolute atomic E-state index is 7.23. The van der Waals surface area contributed by atoms with Gasteiger partial charge in [-0.3, -0.25) is 0 Å². The van der Waals surface area contributed by atoms with Crippen LogP contribution >= 0.6 is 0 Å². The van der Waals surface area contributed by atoms with Crippen LogP contribution in [0.15, 0.2) is 316 Å². The molecule has 135 heavy (non-hydrogen) atoms. The molecule has 4 radical (unpaired) electrons. The predicted octanol–water partition coefficient (Wildman–Crippen LogP) is 28.7. The van der Waals surface area contributed by atoms with E-state index in [1.54, 1.807) is 28.9 Å². The zero-order chi connectivity index (χ0) is 96.4. The van der Waals surface area contributed by atoms with E-state index in [4.69, 9.17) is 14.1 Å². The zero-order valence-corrected chi connectivity index (χ0v) is 95.7. The van der Waals surface area contributed by atoms with Crippen LogP contribution < -0.4 is 20.7 Å². The normalized spacial score (nSPS) is 12.1. The van der Waals surface area contributed by atoms with Crippen LogP contribution in [0.5, 0.6) is 0 Å². The standard InChI is InChI=1S/C19H24NSi.2C18H24NSi.C16H20NSi.4C12H10N.4Ir/c1-21(2,3)19-14-20-18(16-11-5-4-6-12-16)13-17(19)15-9-7-8-10-15;1-14(2)11-16-12-17(15-9-7-6-8-10-15)19-13-18(16)20(3,4)5;1-6-14(2)16-12-17(15-10-8-7-9-11-15)19-13-18(16)20(3,4)5;1-5-13-11-15(14-9-7-6-8-10-14)17-12-16(13)18(2,3)4;4*1-10-7-8-12(13-9-10)11-5-3-2-4-6-11;;;;/h4-6,11,13-15H,7-10H2,1-3H3;6-9,12-14H,11H2,1-5H3;7-10,12-14H,6H2,1-5H3;6-9,11-12H,5H2,1-4H3;4*2-5,7-9H,1H3;;;;/q8*-1;;;;/i;;;;1D3;;;;;;;. The maximum Gasteiger partial charge on any atom is 0.0799 e. The molecule has 8 aromatic heterocycles. The molecule has 0 N–H and O–H groups in total. The number of hydrogen-bond acceptors (Lipinski definition) is 8. The van der Waals surface area contributed by atoms with E-state index in [2.05, 4.69) is 289 Å². The maximum atomic E-state index is 7.23. The van der Waals surface area contributed by atoms with Gasteiger partial charge in [-0.2, -0.15) is 0 Å². The molecular weight excluding hydrogens is 2420 g/mol. The minimum Gasteiger partial charge on any atom is -0.305 e. The second-order valence-electron chi connectivity index (χ2n) is 37.8. The van der Waals surface area contributed by atoms with Crippen molar-refractivity contribution in [1.82, 2.24) is 39.9 Å². The minimum atomic E-state index is -2.09. The molecule has 16 aromatic rings. The van der Waals surface area contributed by atoms with E-state index in [1.165, 1.54) is 87.2 Å². The average Bonchev–Trinajstić information content (AvgIpc) is 1.36. The number of nitrogens with zero attached hydrogens (tertiary/aromatic N) is 8. The fourth-order valence-corrected chi connectivity index (χ4v) is 21.6. The third-order valence-corrected chi connectivity index (χ3v) is 30.6. The van der Waals surface area contributed by atoms with Crippen LogP contribution in [0.25, 0.3) is 90.1 Å². The molecule has 0 amide bonds. The Morgan fingerprint density at radius 2 is 0.563 bits per heavy atom. The van der Waals surface area contributed by atoms with E-state index in [1.807, 2.05) is 215 Å². The Kier molecular flexibility index (Phi) is 46.0. The van der Waals surface area contributed by atoms with E-state index in [0.29, 0.717) is 11.8 Å². The smallest absolute Gasteiger partial charge is 0.0799 e. The van der Waals surface area contributed by atoms with Crippen molar-refractivity contribution in [1.29, 1.82) is 0 Å². The Labute approximate surface area is 872 Å². The average molecular weight is 2560 g/mol. The van der Waals surface area contributed by atoms with Gasteiger partial charge in [0.1, 0.15) is 0 Å². The van der Waals surface area contributed by atoms with Crippen molar-refractivity contribution < 1.29 is 84.5 Å². The predicted molar refractivity (Wildman–Crippen MR) is 567 cm³/mol. The van der Waals surface area contributed by atoms with Gasteiger partial charge in [0.15, 0.2) is 0 Å². The van der Waals surface area contributed by atoms with E-state index >= 15 is 0 Å². The Morgan fingerprint density at radius 3 is 0.822 bits per heavy atom. The van der Waals surface area contributed by atoms with Crippen molar-refractivity contribution in [2.24, 2.45) is 5.92 Å². The molecule has 1 saturated carbocycles. The van der Waals surface area contributed by atoms with E-state index < -0.39 is 39.1 Å². The molecule has 8 nitrogen and oxygen atoms in total. The van der Waals surface area contributed by atoms with Crippen molar-refractivity contribution in [2.45, 2.75) is 198 Å². The van der Waals surface area contributed by atoms with Gasteiger partial charge >= 0.3 is 0 Å². The van der Waals surface area contributed by atoms with Gasteiger partial charge in [-0.25, -0.2) is 0 Å². The summed E-state index contributed by atoms with van der Waals surface area (Å²) in [5.41, 5.74) is 26.0. The molecule has 1 fully saturated rings. The zero-order valence-electron chi connectivity index (χ0n) is 85.1. The van der Waals surface area contributed by atoms with Crippen LogP contribution in [-0.2, 0) is 93.3 Å². The molecule has 0 aliphatic heterocycles. The summed E-state index contributed by atoms with van der Waals surface area (Å²) in [5.74, 6) is 2.00. The molecular formula is C119H132Ir4N8Si4-8. The summed E-state index contributed by atoms with van der Waals surface area (Å²) in [6, 6.07) is 114. The number of hydrogen-bond donors (Lipinski definition) is 0. The van der Waals surface area contributed by atoms with Crippen LogP contribution in [-0.4, -0.2) is 72.2 Å². The van der Waals surface area contributed by atoms with Crippen LogP contribution in [0, 0.1) is 82.1 Å². The summed E-state index contributed by atoms with van der Waals surface area (Å²) in [7, 11) is -5.33. The second kappa shape index (κ2) is 57.0. The second-order valence-corrected chi connectivity index (χ2v) is 58.0. The molecule has 1 unspecified atom stereocenters. The summed E-state index contributed by atoms with van der Waals surface area (Å²) >= 11 is 0. The third-order valence-electron chi connectivity index (χ3n) is 22.4. The van der Waals surface area contributed by atoms with Crippen molar-refractivity contribution in [3.8, 4) is 90.1 Å². The number of pyridine rings is 8. The summed E-state index contributed by atoms with van der Waals surface area (Å²) < 4.78 is 21.7. The molecule has 1 atom stereocenters. The fraction of sp³-hybridized carbons (Fsp3) is 0.261. The first-order chi connectivity index (χ1) is 64.0. The molecule has 16 heteroatoms. The Bertz CT molecular complexity index is 5990. The molecule has 0 saturated heterocycles. The van der Waals surface area contributed by atoms with E-state index in [-0.39, 0.29) is 86.0 Å². The van der Waals surface area contributed by atoms with Gasteiger partial charge in [-0.1, -0.05) is 221 Å². The third kappa shape index (κ3) is 36.7. The molecule has 17 rings (SSSR count). The first kappa shape index (κ1) is 109. The minimum absolute atomic E-state index is 0. The Hall–Kier alpha value is -9.58. The molecule has 8 heterocycles. The monoisotopic (exact) mass is 2560 g/mol. The van der Waals surface area contributed by atoms with Crippen LogP contribution in [0.2, 0.25) is 78.6 Å². The summed E-state index contributed by atoms with van der Waals surface area (Å²) in [6.07, 6.45) is 24.3. The number of aryl methyl sites for hydroxylation is 5. The quantitative estimate of drug-likeness (QED) is 0.0618. The van der Waals surface area contributed by atoms with Crippen LogP contribution in [0.4, 0.5) is 0 Å². The van der Waals surface area contributed by atoms with Crippen LogP contribution in [0.1, 0.15) is 127 Å². The fourth-order valence-electron chi connectivity index (χ4n) is 15.1. The van der Waals surface area contributed by atoms with Crippen molar-refractivity contribution in [3.63, 3.8) is 0 Å². The SMILES string of the molecule is CC(C)Cc1cc(-c2[c-]cccc2)ncc1[Si](C)(C)C.CCC(C)c1cc(-c2[c-]cccc2)ncc1[Si](C)(C)C.CCc1cc(-c2[c-]cccc2)ncc1[Si](C)(C)C.C[Si](C)(C)c1cnc(-c2[c-]cccc2)cc1C1CCCC1.Cc1ccc(-c2[c-]cccc2)nc1.Cc1ccc(-c2[c-]cccc2)nc1.Cc1ccc(-c2[c-]cccc2)nc1.[2H]C([2H])([2H])c1ccc(-c2[c-]cccc2)nc1.[Ir].[Ir].[Ir].[Ir]. The number of benzene rings is 8. The molecule has 0 bridgehead atoms. The van der Waals surface area contributed by atoms with Gasteiger partial charge in [-0.05, 0) is 166 Å². The molecule has 1 aliphatic carbocycles. The number of aromatic nitrogens is 8. The van der Waals surface area contributed by atoms with Crippen LogP contribution in [0.3, 0.4) is 0 Å². The van der Waals surface area contributed by atoms with Crippen molar-refractivity contribution in [2.75, 3.05) is 0 Å². The Balaban J connectivity index is 0.000000242. The van der Waals surface area contributed by atoms with Gasteiger partial charge < -0.3 is 39.9 Å².